The number of nitrogens with two attached hydrogens (primary N) is 2. The highest BCUT2D eigenvalue weighted by Crippen LogP contribution is 2.60. The zero-order valence-electron chi connectivity index (χ0n) is 19.9. The summed E-state index contributed by atoms with van der Waals surface area (Å²) in [5, 5.41) is 0. The van der Waals surface area contributed by atoms with Crippen LogP contribution in [0.25, 0.3) is 11.2 Å². The van der Waals surface area contributed by atoms with E-state index in [1.165, 1.54) is 6.07 Å². The largest absolute Gasteiger partial charge is 0.573 e. The van der Waals surface area contributed by atoms with Crippen molar-refractivity contribution in [1.82, 2.24) is 19.9 Å². The Labute approximate surface area is 210 Å². The molecule has 4 aliphatic rings. The lowest BCUT2D eigenvalue weighted by Crippen LogP contribution is -2.40. The number of nitrogens with zero attached hydrogens (tertiary/aromatic N) is 3. The van der Waals surface area contributed by atoms with Crippen LogP contribution >= 0.6 is 0 Å². The van der Waals surface area contributed by atoms with Crippen molar-refractivity contribution in [2.45, 2.75) is 50.2 Å². The second-order valence-corrected chi connectivity index (χ2v) is 10.2. The molecule has 5 heterocycles. The third-order valence-electron chi connectivity index (χ3n) is 7.96. The fourth-order valence-electron chi connectivity index (χ4n) is 6.03. The second kappa shape index (κ2) is 8.59. The molecule has 196 valence electrons. The van der Waals surface area contributed by atoms with Crippen molar-refractivity contribution < 1.29 is 27.4 Å². The van der Waals surface area contributed by atoms with Crippen molar-refractivity contribution >= 4 is 22.8 Å². The number of carbonyl (C=O) groups excluding carboxylic acids is 1. The second-order valence-electron chi connectivity index (χ2n) is 10.2. The Morgan fingerprint density at radius 2 is 2.00 bits per heavy atom. The minimum absolute atomic E-state index is 0.0523. The van der Waals surface area contributed by atoms with Crippen molar-refractivity contribution in [2.75, 3.05) is 25.4 Å². The molecule has 4 fully saturated rings. The summed E-state index contributed by atoms with van der Waals surface area (Å²) in [5.41, 5.74) is 14.6. The maximum Gasteiger partial charge on any atom is 0.573 e. The van der Waals surface area contributed by atoms with E-state index in [9.17, 15) is 18.0 Å². The van der Waals surface area contributed by atoms with Crippen LogP contribution in [0.2, 0.25) is 0 Å². The zero-order chi connectivity index (χ0) is 25.9. The predicted octanol–water partition coefficient (Wildman–Crippen LogP) is 3.64. The highest BCUT2D eigenvalue weighted by molar-refractivity contribution is 5.99. The van der Waals surface area contributed by atoms with Crippen LogP contribution < -0.4 is 16.2 Å². The number of pyridine rings is 1. The molecule has 2 bridgehead atoms. The normalized spacial score (nSPS) is 25.9. The number of aromatic nitrogens is 3. The molecule has 3 aliphatic heterocycles. The topological polar surface area (TPSA) is 132 Å². The molecule has 0 radical (unpaired) electrons. The summed E-state index contributed by atoms with van der Waals surface area (Å²) in [6.07, 6.45) is 0.358. The fraction of sp³-hybridized carbons (Fsp3) is 0.480. The van der Waals surface area contributed by atoms with Gasteiger partial charge in [-0.05, 0) is 55.4 Å². The molecule has 7 rings (SSSR count). The molecular weight excluding hydrogens is 489 g/mol. The maximum absolute atomic E-state index is 13.0. The van der Waals surface area contributed by atoms with Crippen LogP contribution in [0.1, 0.15) is 59.5 Å². The van der Waals surface area contributed by atoms with E-state index in [-0.39, 0.29) is 40.7 Å². The van der Waals surface area contributed by atoms with Crippen LogP contribution in [0.15, 0.2) is 30.5 Å². The van der Waals surface area contributed by atoms with Crippen LogP contribution in [0.3, 0.4) is 0 Å². The van der Waals surface area contributed by atoms with E-state index in [4.69, 9.17) is 21.2 Å². The number of hydrogen-bond donors (Lipinski definition) is 3. The smallest absolute Gasteiger partial charge is 0.406 e. The lowest BCUT2D eigenvalue weighted by Gasteiger charge is -2.36. The first kappa shape index (κ1) is 24.0. The Hall–Kier alpha value is -3.38. The van der Waals surface area contributed by atoms with Gasteiger partial charge in [-0.25, -0.2) is 9.97 Å². The summed E-state index contributed by atoms with van der Waals surface area (Å²) >= 11 is 0. The van der Waals surface area contributed by atoms with Gasteiger partial charge in [-0.15, -0.1) is 13.2 Å². The summed E-state index contributed by atoms with van der Waals surface area (Å²) in [7, 11) is 0. The van der Waals surface area contributed by atoms with Gasteiger partial charge in [0.1, 0.15) is 17.7 Å². The molecule has 1 aromatic carbocycles. The van der Waals surface area contributed by atoms with Gasteiger partial charge in [0, 0.05) is 43.0 Å². The number of anilines is 1. The average molecular weight is 517 g/mol. The first-order valence-corrected chi connectivity index (χ1v) is 12.3. The van der Waals surface area contributed by atoms with Gasteiger partial charge in [0.25, 0.3) is 5.91 Å². The van der Waals surface area contributed by atoms with Gasteiger partial charge in [-0.3, -0.25) is 4.79 Å². The zero-order valence-corrected chi connectivity index (χ0v) is 19.9. The lowest BCUT2D eigenvalue weighted by molar-refractivity contribution is -0.274. The molecular formula is C25H27F3N6O3. The highest BCUT2D eigenvalue weighted by atomic mass is 19.4. The van der Waals surface area contributed by atoms with Crippen LogP contribution in [0, 0.1) is 5.41 Å². The molecule has 3 saturated heterocycles. The predicted molar refractivity (Wildman–Crippen MR) is 128 cm³/mol. The molecule has 3 aromatic rings. The van der Waals surface area contributed by atoms with Gasteiger partial charge in [-0.1, -0.05) is 0 Å². The number of fused-ring (bicyclic) bond motifs is 2. The summed E-state index contributed by atoms with van der Waals surface area (Å²) in [4.78, 5) is 27.4. The number of alkyl halides is 3. The number of aromatic amines is 1. The van der Waals surface area contributed by atoms with Crippen LogP contribution in [-0.2, 0) is 4.74 Å². The lowest BCUT2D eigenvalue weighted by atomic mass is 9.66. The van der Waals surface area contributed by atoms with Crippen molar-refractivity contribution in [3.63, 3.8) is 0 Å². The minimum atomic E-state index is -4.83. The van der Waals surface area contributed by atoms with Gasteiger partial charge in [0.05, 0.1) is 17.2 Å². The third kappa shape index (κ3) is 4.17. The van der Waals surface area contributed by atoms with E-state index in [1.54, 1.807) is 11.1 Å². The number of carbonyl (C=O) groups is 1. The minimum Gasteiger partial charge on any atom is -0.406 e. The number of amides is 1. The molecule has 1 aliphatic carbocycles. The molecule has 1 atom stereocenters. The Balaban J connectivity index is 1.16. The summed E-state index contributed by atoms with van der Waals surface area (Å²) in [6, 6.07) is 5.37. The highest BCUT2D eigenvalue weighted by Gasteiger charge is 2.59. The van der Waals surface area contributed by atoms with Crippen molar-refractivity contribution in [2.24, 2.45) is 11.1 Å². The number of hydrogen-bond acceptors (Lipinski definition) is 7. The third-order valence-corrected chi connectivity index (χ3v) is 7.96. The Kier molecular flexibility index (Phi) is 5.57. The number of rotatable bonds is 5. The van der Waals surface area contributed by atoms with Crippen molar-refractivity contribution in [3.05, 3.63) is 47.4 Å². The van der Waals surface area contributed by atoms with Crippen LogP contribution in [-0.4, -0.2) is 57.9 Å². The van der Waals surface area contributed by atoms with Gasteiger partial charge in [0.2, 0.25) is 0 Å². The van der Waals surface area contributed by atoms with E-state index in [0.717, 1.165) is 41.9 Å². The summed E-state index contributed by atoms with van der Waals surface area (Å²) in [6.45, 7) is 1.52. The van der Waals surface area contributed by atoms with Gasteiger partial charge < -0.3 is 30.8 Å². The molecule has 12 heteroatoms. The molecule has 1 saturated carbocycles. The Morgan fingerprint density at radius 1 is 1.24 bits per heavy atom. The molecule has 37 heavy (non-hydrogen) atoms. The number of piperidine rings is 1. The number of nitrogens with one attached hydrogen (secondary N) is 1. The monoisotopic (exact) mass is 516 g/mol. The first-order valence-electron chi connectivity index (χ1n) is 12.3. The van der Waals surface area contributed by atoms with E-state index < -0.39 is 12.1 Å². The van der Waals surface area contributed by atoms with E-state index in [0.29, 0.717) is 38.1 Å². The van der Waals surface area contributed by atoms with Crippen LogP contribution in [0.5, 0.6) is 5.75 Å². The van der Waals surface area contributed by atoms with Crippen molar-refractivity contribution in [1.29, 1.82) is 0 Å². The number of likely N-dealkylation sites (tertiary alicyclic amines) is 1. The van der Waals surface area contributed by atoms with Gasteiger partial charge >= 0.3 is 6.36 Å². The van der Waals surface area contributed by atoms with E-state index >= 15 is 0 Å². The standard InChI is InChI=1S/C25H27F3N6O3/c26-25(27,28)37-14-1-2-17(18(30)9-14)23(35)34-7-4-13(5-8-34)16-3-6-31-21-19(16)32-22(33-21)20-24(12-29)10-15(11-24)36-20/h1-3,6,9,13,15,20H,4-5,7-8,10-12,29-30H2,(H,31,32,33)/t15?,20-,24?/m1/s1. The SMILES string of the molecule is NCC12CC(C1)O[C@@H]2c1nc2nccc(C3CCN(C(=O)c4ccc(OC(F)(F)F)cc4N)CC3)c2[nH]1. The van der Waals surface area contributed by atoms with Gasteiger partial charge in [0.15, 0.2) is 5.65 Å². The molecule has 5 N–H and O–H groups in total. The number of H-pyrrole nitrogens is 1. The van der Waals surface area contributed by atoms with Crippen molar-refractivity contribution in [3.8, 4) is 5.75 Å². The number of nitrogen functional groups attached to an aromatic ring is 1. The Bertz CT molecular complexity index is 1350. The Morgan fingerprint density at radius 3 is 2.68 bits per heavy atom. The average Bonchev–Trinajstić information content (AvgIpc) is 3.53. The van der Waals surface area contributed by atoms with Crippen LogP contribution in [0.4, 0.5) is 18.9 Å². The molecule has 0 spiro atoms. The quantitative estimate of drug-likeness (QED) is 0.441. The molecule has 0 unspecified atom stereocenters. The summed E-state index contributed by atoms with van der Waals surface area (Å²) in [5.74, 6) is 0.173. The number of halogens is 3. The van der Waals surface area contributed by atoms with E-state index in [2.05, 4.69) is 14.7 Å². The van der Waals surface area contributed by atoms with Gasteiger partial charge in [-0.2, -0.15) is 0 Å². The molecule has 9 nitrogen and oxygen atoms in total. The number of imidazole rings is 1. The first-order chi connectivity index (χ1) is 17.7. The number of ether oxygens (including phenoxy) is 2. The summed E-state index contributed by atoms with van der Waals surface area (Å²) < 4.78 is 47.4. The maximum atomic E-state index is 13.0. The molecule has 2 aromatic heterocycles. The fourth-order valence-corrected chi connectivity index (χ4v) is 6.03. The number of benzene rings is 1. The molecule has 1 amide bonds. The van der Waals surface area contributed by atoms with E-state index in [1.807, 2.05) is 6.07 Å².